The summed E-state index contributed by atoms with van der Waals surface area (Å²) in [5.74, 6) is 2.86. The number of ether oxygens (including phenoxy) is 1. The minimum atomic E-state index is 0.292. The second-order valence-electron chi connectivity index (χ2n) is 4.64. The number of carbonyl (C=O) groups is 1. The summed E-state index contributed by atoms with van der Waals surface area (Å²) in [6, 6.07) is 0. The van der Waals surface area contributed by atoms with Crippen molar-refractivity contribution < 1.29 is 9.53 Å². The first kappa shape index (κ1) is 13.7. The van der Waals surface area contributed by atoms with Gasteiger partial charge in [0.2, 0.25) is 5.91 Å². The van der Waals surface area contributed by atoms with Crippen molar-refractivity contribution in [1.29, 1.82) is 0 Å². The van der Waals surface area contributed by atoms with Gasteiger partial charge in [-0.3, -0.25) is 4.79 Å². The predicted molar refractivity (Wildman–Crippen MR) is 74.8 cm³/mol. The number of rotatable bonds is 4. The van der Waals surface area contributed by atoms with Crippen LogP contribution in [-0.2, 0) is 9.53 Å². The van der Waals surface area contributed by atoms with E-state index in [1.54, 1.807) is 0 Å². The Morgan fingerprint density at radius 3 is 2.71 bits per heavy atom. The fourth-order valence-corrected chi connectivity index (χ4v) is 3.84. The lowest BCUT2D eigenvalue weighted by atomic mass is 10.0. The number of hydrogen-bond donors (Lipinski definition) is 0. The molecule has 0 spiro atoms. The fourth-order valence-electron chi connectivity index (χ4n) is 2.44. The van der Waals surface area contributed by atoms with Gasteiger partial charge in [0.25, 0.3) is 0 Å². The molecule has 0 aromatic rings. The number of likely N-dealkylation sites (tertiary alicyclic amines) is 1. The van der Waals surface area contributed by atoms with Crippen LogP contribution in [-0.4, -0.2) is 53.4 Å². The van der Waals surface area contributed by atoms with Gasteiger partial charge in [0.15, 0.2) is 0 Å². The molecule has 2 heterocycles. The molecular weight excluding hydrogens is 302 g/mol. The number of amides is 1. The molecule has 0 aromatic heterocycles. The van der Waals surface area contributed by atoms with Crippen LogP contribution < -0.4 is 0 Å². The van der Waals surface area contributed by atoms with Crippen LogP contribution in [0.25, 0.3) is 0 Å². The molecule has 2 rings (SSSR count). The first-order valence-corrected chi connectivity index (χ1v) is 8.63. The summed E-state index contributed by atoms with van der Waals surface area (Å²) in [6.07, 6.45) is 3.43. The van der Waals surface area contributed by atoms with Gasteiger partial charge in [0.1, 0.15) is 0 Å². The topological polar surface area (TPSA) is 29.5 Å². The van der Waals surface area contributed by atoms with Gasteiger partial charge in [-0.1, -0.05) is 15.9 Å². The molecule has 0 aromatic carbocycles. The Morgan fingerprint density at radius 1 is 1.35 bits per heavy atom. The second-order valence-corrected chi connectivity index (χ2v) is 6.59. The molecule has 0 bridgehead atoms. The SMILES string of the molecule is O=C(C1CCSC1)N1CCC(OCCBr)CC1. The van der Waals surface area contributed by atoms with Crippen LogP contribution >= 0.6 is 27.7 Å². The Labute approximate surface area is 116 Å². The maximum absolute atomic E-state index is 12.2. The number of carbonyl (C=O) groups excluding carboxylic acids is 1. The molecule has 1 atom stereocenters. The lowest BCUT2D eigenvalue weighted by Gasteiger charge is -2.33. The van der Waals surface area contributed by atoms with Crippen LogP contribution in [0.4, 0.5) is 0 Å². The zero-order valence-electron chi connectivity index (χ0n) is 10.1. The maximum atomic E-state index is 12.2. The lowest BCUT2D eigenvalue weighted by molar-refractivity contribution is -0.137. The van der Waals surface area contributed by atoms with Crippen molar-refractivity contribution in [3.8, 4) is 0 Å². The van der Waals surface area contributed by atoms with E-state index in [9.17, 15) is 4.79 Å². The zero-order chi connectivity index (χ0) is 12.1. The molecule has 2 aliphatic heterocycles. The highest BCUT2D eigenvalue weighted by molar-refractivity contribution is 9.09. The van der Waals surface area contributed by atoms with Crippen LogP contribution in [0.1, 0.15) is 19.3 Å². The molecule has 1 amide bonds. The molecule has 3 nitrogen and oxygen atoms in total. The summed E-state index contributed by atoms with van der Waals surface area (Å²) in [5.41, 5.74) is 0. The average molecular weight is 322 g/mol. The van der Waals surface area contributed by atoms with E-state index < -0.39 is 0 Å². The number of piperidine rings is 1. The molecule has 1 unspecified atom stereocenters. The van der Waals surface area contributed by atoms with Crippen LogP contribution in [0.15, 0.2) is 0 Å². The highest BCUT2D eigenvalue weighted by atomic mass is 79.9. The quantitative estimate of drug-likeness (QED) is 0.743. The standard InChI is InChI=1S/C12H20BrNO2S/c13-4-7-16-11-1-5-14(6-2-11)12(15)10-3-8-17-9-10/h10-11H,1-9H2. The van der Waals surface area contributed by atoms with Crippen molar-refractivity contribution in [1.82, 2.24) is 4.90 Å². The van der Waals surface area contributed by atoms with Crippen LogP contribution in [0.2, 0.25) is 0 Å². The number of alkyl halides is 1. The van der Waals surface area contributed by atoms with E-state index in [4.69, 9.17) is 4.74 Å². The highest BCUT2D eigenvalue weighted by Gasteiger charge is 2.30. The van der Waals surface area contributed by atoms with Gasteiger partial charge in [-0.25, -0.2) is 0 Å². The van der Waals surface area contributed by atoms with Crippen LogP contribution in [0, 0.1) is 5.92 Å². The minimum absolute atomic E-state index is 0.292. The van der Waals surface area contributed by atoms with Crippen molar-refractivity contribution in [3.63, 3.8) is 0 Å². The van der Waals surface area contributed by atoms with Crippen molar-refractivity contribution in [3.05, 3.63) is 0 Å². The van der Waals surface area contributed by atoms with Gasteiger partial charge >= 0.3 is 0 Å². The first-order chi connectivity index (χ1) is 8.31. The third-order valence-corrected chi connectivity index (χ3v) is 4.95. The van der Waals surface area contributed by atoms with E-state index in [1.807, 2.05) is 16.7 Å². The molecule has 0 saturated carbocycles. The Morgan fingerprint density at radius 2 is 2.12 bits per heavy atom. The van der Waals surface area contributed by atoms with Gasteiger partial charge in [0, 0.05) is 30.1 Å². The number of halogens is 1. The molecule has 0 N–H and O–H groups in total. The third-order valence-electron chi connectivity index (χ3n) is 3.46. The molecule has 17 heavy (non-hydrogen) atoms. The molecule has 2 saturated heterocycles. The van der Waals surface area contributed by atoms with E-state index in [1.165, 1.54) is 0 Å². The summed E-state index contributed by atoms with van der Waals surface area (Å²) >= 11 is 5.27. The summed E-state index contributed by atoms with van der Waals surface area (Å²) in [5, 5.41) is 0.894. The predicted octanol–water partition coefficient (Wildman–Crippen LogP) is 2.14. The molecule has 5 heteroatoms. The first-order valence-electron chi connectivity index (χ1n) is 6.35. The van der Waals surface area contributed by atoms with E-state index in [-0.39, 0.29) is 0 Å². The van der Waals surface area contributed by atoms with Crippen molar-refractivity contribution in [2.45, 2.75) is 25.4 Å². The van der Waals surface area contributed by atoms with E-state index >= 15 is 0 Å². The third kappa shape index (κ3) is 3.86. The largest absolute Gasteiger partial charge is 0.377 e. The van der Waals surface area contributed by atoms with Crippen molar-refractivity contribution in [2.24, 2.45) is 5.92 Å². The van der Waals surface area contributed by atoms with Gasteiger partial charge in [-0.15, -0.1) is 0 Å². The summed E-state index contributed by atoms with van der Waals surface area (Å²) in [4.78, 5) is 14.2. The Balaban J connectivity index is 1.72. The average Bonchev–Trinajstić information content (AvgIpc) is 2.90. The Bertz CT molecular complexity index is 251. The van der Waals surface area contributed by atoms with Gasteiger partial charge in [-0.05, 0) is 25.0 Å². The smallest absolute Gasteiger partial charge is 0.226 e. The fraction of sp³-hybridized carbons (Fsp3) is 0.917. The zero-order valence-corrected chi connectivity index (χ0v) is 12.5. The molecule has 98 valence electrons. The Kier molecular flexibility index (Phi) is 5.63. The van der Waals surface area contributed by atoms with E-state index in [0.717, 1.165) is 55.8 Å². The van der Waals surface area contributed by atoms with Gasteiger partial charge < -0.3 is 9.64 Å². The molecule has 0 aliphatic carbocycles. The van der Waals surface area contributed by atoms with E-state index in [2.05, 4.69) is 15.9 Å². The van der Waals surface area contributed by atoms with Crippen LogP contribution in [0.5, 0.6) is 0 Å². The van der Waals surface area contributed by atoms with Gasteiger partial charge in [-0.2, -0.15) is 11.8 Å². The summed E-state index contributed by atoms with van der Waals surface area (Å²) in [7, 11) is 0. The van der Waals surface area contributed by atoms with E-state index in [0.29, 0.717) is 17.9 Å². The van der Waals surface area contributed by atoms with Gasteiger partial charge in [0.05, 0.1) is 12.7 Å². The highest BCUT2D eigenvalue weighted by Crippen LogP contribution is 2.26. The molecule has 2 aliphatic rings. The normalized spacial score (nSPS) is 26.4. The van der Waals surface area contributed by atoms with Crippen LogP contribution in [0.3, 0.4) is 0 Å². The van der Waals surface area contributed by atoms with Crippen molar-refractivity contribution in [2.75, 3.05) is 36.5 Å². The number of thioether (sulfide) groups is 1. The summed E-state index contributed by atoms with van der Waals surface area (Å²) in [6.45, 7) is 2.54. The number of nitrogens with zero attached hydrogens (tertiary/aromatic N) is 1. The monoisotopic (exact) mass is 321 g/mol. The lowest BCUT2D eigenvalue weighted by Crippen LogP contribution is -2.43. The number of hydrogen-bond acceptors (Lipinski definition) is 3. The maximum Gasteiger partial charge on any atom is 0.226 e. The molecular formula is C12H20BrNO2S. The Hall–Kier alpha value is 0.260. The minimum Gasteiger partial charge on any atom is -0.377 e. The molecule has 2 fully saturated rings. The second kappa shape index (κ2) is 7.00. The molecule has 0 radical (unpaired) electrons. The van der Waals surface area contributed by atoms with Crippen molar-refractivity contribution >= 4 is 33.6 Å². The summed E-state index contributed by atoms with van der Waals surface area (Å²) < 4.78 is 5.70.